The first-order valence-electron chi connectivity index (χ1n) is 7.29. The number of halogens is 1. The average Bonchev–Trinajstić information content (AvgIpc) is 2.55. The Morgan fingerprint density at radius 3 is 2.74 bits per heavy atom. The molecule has 2 aromatic carbocycles. The van der Waals surface area contributed by atoms with E-state index in [1.54, 1.807) is 12.1 Å². The van der Waals surface area contributed by atoms with Crippen LogP contribution < -0.4 is 11.2 Å². The maximum Gasteiger partial charge on any atom is 0.335 e. The lowest BCUT2D eigenvalue weighted by Gasteiger charge is -2.15. The minimum Gasteiger partial charge on any atom is -0.306 e. The number of hydrogen-bond acceptors (Lipinski definition) is 3. The molecule has 3 N–H and O–H groups in total. The largest absolute Gasteiger partial charge is 0.335 e. The van der Waals surface area contributed by atoms with Crippen LogP contribution in [-0.2, 0) is 12.2 Å². The van der Waals surface area contributed by atoms with Gasteiger partial charge in [-0.3, -0.25) is 5.01 Å². The van der Waals surface area contributed by atoms with Crippen LogP contribution in [0.3, 0.4) is 0 Å². The van der Waals surface area contributed by atoms with Crippen LogP contribution in [-0.4, -0.2) is 18.1 Å². The van der Waals surface area contributed by atoms with Gasteiger partial charge in [0.05, 0.1) is 0 Å². The number of rotatable bonds is 5. The van der Waals surface area contributed by atoms with Crippen molar-refractivity contribution in [3.8, 4) is 0 Å². The second-order valence-corrected chi connectivity index (χ2v) is 6.12. The smallest absolute Gasteiger partial charge is 0.306 e. The summed E-state index contributed by atoms with van der Waals surface area (Å²) in [4.78, 5) is 12.3. The Labute approximate surface area is 139 Å². The molecule has 0 aliphatic rings. The van der Waals surface area contributed by atoms with Crippen molar-refractivity contribution in [1.29, 1.82) is 0 Å². The monoisotopic (exact) mass is 333 g/mol. The van der Waals surface area contributed by atoms with E-state index in [0.29, 0.717) is 16.3 Å². The minimum absolute atomic E-state index is 0.226. The molecule has 2 amide bonds. The summed E-state index contributed by atoms with van der Waals surface area (Å²) in [5, 5.41) is 3.72. The van der Waals surface area contributed by atoms with Crippen LogP contribution in [0.25, 0.3) is 0 Å². The Balaban J connectivity index is 2.13. The molecule has 6 heteroatoms. The summed E-state index contributed by atoms with van der Waals surface area (Å²) in [7, 11) is 1.47. The highest BCUT2D eigenvalue weighted by Gasteiger charge is 2.10. The van der Waals surface area contributed by atoms with E-state index in [0.717, 1.165) is 22.6 Å². The van der Waals surface area contributed by atoms with Crippen LogP contribution in [0.1, 0.15) is 18.1 Å². The molecule has 122 valence electrons. The number of para-hydroxylation sites is 1. The summed E-state index contributed by atoms with van der Waals surface area (Å²) in [6, 6.07) is 12.2. The molecule has 0 aromatic heterocycles. The highest BCUT2D eigenvalue weighted by molar-refractivity contribution is 7.98. The van der Waals surface area contributed by atoms with Gasteiger partial charge in [-0.1, -0.05) is 31.2 Å². The van der Waals surface area contributed by atoms with Crippen LogP contribution in [0.15, 0.2) is 47.4 Å². The topological polar surface area (TPSA) is 58.4 Å². The average molecular weight is 333 g/mol. The summed E-state index contributed by atoms with van der Waals surface area (Å²) in [5.41, 5.74) is 2.68. The van der Waals surface area contributed by atoms with Gasteiger partial charge in [-0.15, -0.1) is 11.8 Å². The van der Waals surface area contributed by atoms with Crippen molar-refractivity contribution in [3.63, 3.8) is 0 Å². The molecule has 0 aliphatic heterocycles. The van der Waals surface area contributed by atoms with E-state index < -0.39 is 6.03 Å². The summed E-state index contributed by atoms with van der Waals surface area (Å²) in [6.45, 7) is 2.04. The van der Waals surface area contributed by atoms with E-state index in [-0.39, 0.29) is 5.82 Å². The van der Waals surface area contributed by atoms with Gasteiger partial charge in [-0.05, 0) is 35.7 Å². The van der Waals surface area contributed by atoms with Gasteiger partial charge in [0.2, 0.25) is 0 Å². The van der Waals surface area contributed by atoms with E-state index >= 15 is 0 Å². The van der Waals surface area contributed by atoms with E-state index in [4.69, 9.17) is 5.84 Å². The molecule has 0 saturated carbocycles. The van der Waals surface area contributed by atoms with Crippen LogP contribution in [0.5, 0.6) is 0 Å². The molecule has 0 heterocycles. The molecule has 0 atom stereocenters. The number of carbonyl (C=O) groups excluding carboxylic acids is 1. The third-order valence-electron chi connectivity index (χ3n) is 3.37. The van der Waals surface area contributed by atoms with Gasteiger partial charge in [0.15, 0.2) is 0 Å². The van der Waals surface area contributed by atoms with Gasteiger partial charge in [-0.25, -0.2) is 15.0 Å². The van der Waals surface area contributed by atoms with Gasteiger partial charge < -0.3 is 5.32 Å². The molecule has 23 heavy (non-hydrogen) atoms. The number of urea groups is 1. The minimum atomic E-state index is -0.401. The highest BCUT2D eigenvalue weighted by Crippen LogP contribution is 2.29. The lowest BCUT2D eigenvalue weighted by atomic mass is 10.2. The number of anilines is 1. The number of aryl methyl sites for hydroxylation is 1. The number of carbonyl (C=O) groups is 1. The van der Waals surface area contributed by atoms with Crippen molar-refractivity contribution in [2.75, 3.05) is 12.4 Å². The molecule has 0 aliphatic carbocycles. The number of hydrogen-bond donors (Lipinski definition) is 2. The van der Waals surface area contributed by atoms with Crippen molar-refractivity contribution in [3.05, 3.63) is 59.4 Å². The van der Waals surface area contributed by atoms with Crippen molar-refractivity contribution in [1.82, 2.24) is 5.01 Å². The molecule has 0 bridgehead atoms. The van der Waals surface area contributed by atoms with E-state index in [2.05, 4.69) is 5.32 Å². The molecule has 2 rings (SSSR count). The number of hydrazine groups is 1. The van der Waals surface area contributed by atoms with Crippen molar-refractivity contribution in [2.24, 2.45) is 5.84 Å². The SMILES string of the molecule is CCc1ccc(F)c(SCc2ccccc2NC(=O)N(C)N)c1. The summed E-state index contributed by atoms with van der Waals surface area (Å²) < 4.78 is 13.9. The number of nitrogens with zero attached hydrogens (tertiary/aromatic N) is 1. The maximum atomic E-state index is 13.9. The number of benzene rings is 2. The Morgan fingerprint density at radius 1 is 1.30 bits per heavy atom. The molecule has 4 nitrogen and oxygen atoms in total. The molecule has 0 saturated heterocycles. The fourth-order valence-corrected chi connectivity index (χ4v) is 3.01. The number of nitrogens with two attached hydrogens (primary N) is 1. The van der Waals surface area contributed by atoms with Crippen molar-refractivity contribution in [2.45, 2.75) is 24.0 Å². The molecule has 2 aromatic rings. The van der Waals surface area contributed by atoms with E-state index in [1.807, 2.05) is 31.2 Å². The molecule has 0 spiro atoms. The first-order valence-corrected chi connectivity index (χ1v) is 8.28. The van der Waals surface area contributed by atoms with Gasteiger partial charge in [0.25, 0.3) is 0 Å². The molecular weight excluding hydrogens is 313 g/mol. The zero-order valence-electron chi connectivity index (χ0n) is 13.2. The third-order valence-corrected chi connectivity index (χ3v) is 4.45. The standard InChI is InChI=1S/C17H20FN3OS/c1-3-12-8-9-14(18)16(10-12)23-11-13-6-4-5-7-15(13)20-17(22)21(2)19/h4-10H,3,11,19H2,1-2H3,(H,20,22). The lowest BCUT2D eigenvalue weighted by molar-refractivity contribution is 0.223. The Kier molecular flexibility index (Phi) is 6.01. The summed E-state index contributed by atoms with van der Waals surface area (Å²) >= 11 is 1.41. The number of thioether (sulfide) groups is 1. The fourth-order valence-electron chi connectivity index (χ4n) is 2.01. The van der Waals surface area contributed by atoms with Crippen molar-refractivity contribution < 1.29 is 9.18 Å². The Hall–Kier alpha value is -2.05. The van der Waals surface area contributed by atoms with Gasteiger partial charge in [-0.2, -0.15) is 0 Å². The van der Waals surface area contributed by atoms with Crippen LogP contribution in [0, 0.1) is 5.82 Å². The predicted molar refractivity (Wildman–Crippen MR) is 92.8 cm³/mol. The fraction of sp³-hybridized carbons (Fsp3) is 0.235. The first kappa shape index (κ1) is 17.3. The zero-order chi connectivity index (χ0) is 16.8. The Morgan fingerprint density at radius 2 is 2.04 bits per heavy atom. The number of amides is 2. The molecular formula is C17H20FN3OS. The molecule has 0 radical (unpaired) electrons. The molecule has 0 fully saturated rings. The second kappa shape index (κ2) is 7.99. The van der Waals surface area contributed by atoms with Crippen LogP contribution >= 0.6 is 11.8 Å². The van der Waals surface area contributed by atoms with E-state index in [9.17, 15) is 9.18 Å². The Bertz CT molecular complexity index is 691. The predicted octanol–water partition coefficient (Wildman–Crippen LogP) is 4.02. The van der Waals surface area contributed by atoms with Crippen molar-refractivity contribution >= 4 is 23.5 Å². The lowest BCUT2D eigenvalue weighted by Crippen LogP contribution is -2.37. The quantitative estimate of drug-likeness (QED) is 0.376. The van der Waals surface area contributed by atoms with Crippen LogP contribution in [0.4, 0.5) is 14.9 Å². The van der Waals surface area contributed by atoms with Gasteiger partial charge >= 0.3 is 6.03 Å². The van der Waals surface area contributed by atoms with Crippen LogP contribution in [0.2, 0.25) is 0 Å². The highest BCUT2D eigenvalue weighted by atomic mass is 32.2. The first-order chi connectivity index (χ1) is 11.0. The third kappa shape index (κ3) is 4.71. The zero-order valence-corrected chi connectivity index (χ0v) is 14.0. The molecule has 0 unspecified atom stereocenters. The normalized spacial score (nSPS) is 10.4. The second-order valence-electron chi connectivity index (χ2n) is 5.11. The van der Waals surface area contributed by atoms with Gasteiger partial charge in [0.1, 0.15) is 5.82 Å². The van der Waals surface area contributed by atoms with Gasteiger partial charge in [0, 0.05) is 23.4 Å². The summed E-state index contributed by atoms with van der Waals surface area (Å²) in [5.74, 6) is 5.74. The van der Waals surface area contributed by atoms with E-state index in [1.165, 1.54) is 24.9 Å². The summed E-state index contributed by atoms with van der Waals surface area (Å²) in [6.07, 6.45) is 0.864. The number of nitrogens with one attached hydrogen (secondary N) is 1. The maximum absolute atomic E-state index is 13.9.